The maximum atomic E-state index is 13.1. The number of carboxylic acids is 1. The Morgan fingerprint density at radius 1 is 1.27 bits per heavy atom. The van der Waals surface area contributed by atoms with Crippen LogP contribution < -0.4 is 9.47 Å². The number of carbonyl (C=O) groups is 1. The number of ether oxygens (including phenoxy) is 2. The first-order chi connectivity index (χ1) is 10.4. The fraction of sp³-hybridized carbons (Fsp3) is 0.385. The molecule has 0 spiro atoms. The molecule has 0 saturated heterocycles. The Morgan fingerprint density at radius 2 is 1.91 bits per heavy atom. The molecule has 9 heteroatoms. The van der Waals surface area contributed by atoms with Crippen molar-refractivity contribution in [2.24, 2.45) is 0 Å². The molecule has 0 amide bonds. The number of hydrogen-bond acceptors (Lipinski definition) is 4. The molecule has 118 valence electrons. The molecule has 0 aliphatic carbocycles. The molecule has 1 aromatic heterocycles. The van der Waals surface area contributed by atoms with Crippen LogP contribution in [0.2, 0.25) is 0 Å². The van der Waals surface area contributed by atoms with Crippen molar-refractivity contribution >= 4 is 17.0 Å². The highest BCUT2D eigenvalue weighted by Crippen LogP contribution is 2.38. The molecule has 0 fully saturated rings. The van der Waals surface area contributed by atoms with Crippen molar-refractivity contribution in [3.63, 3.8) is 0 Å². The highest BCUT2D eigenvalue weighted by Gasteiger charge is 2.38. The summed E-state index contributed by atoms with van der Waals surface area (Å²) in [5.74, 6) is -1.67. The Bertz CT molecular complexity index is 739. The van der Waals surface area contributed by atoms with E-state index in [1.54, 1.807) is 0 Å². The summed E-state index contributed by atoms with van der Waals surface area (Å²) in [4.78, 5) is 14.2. The molecule has 0 bridgehead atoms. The molecule has 0 unspecified atom stereocenters. The summed E-state index contributed by atoms with van der Waals surface area (Å²) in [5.41, 5.74) is 0.250. The summed E-state index contributed by atoms with van der Waals surface area (Å²) in [6, 6.07) is 2.77. The number of halogens is 3. The molecule has 1 N–H and O–H groups in total. The lowest BCUT2D eigenvalue weighted by Gasteiger charge is -2.18. The van der Waals surface area contributed by atoms with E-state index < -0.39 is 24.4 Å². The molecule has 0 saturated carbocycles. The third-order valence-electron chi connectivity index (χ3n) is 3.22. The first-order valence-electron chi connectivity index (χ1n) is 6.45. The van der Waals surface area contributed by atoms with Gasteiger partial charge in [0.25, 0.3) is 0 Å². The van der Waals surface area contributed by atoms with Gasteiger partial charge in [0, 0.05) is 18.7 Å². The van der Waals surface area contributed by atoms with Crippen LogP contribution in [-0.4, -0.2) is 33.8 Å². The zero-order valence-electron chi connectivity index (χ0n) is 11.2. The maximum absolute atomic E-state index is 13.1. The van der Waals surface area contributed by atoms with E-state index in [-0.39, 0.29) is 17.6 Å². The van der Waals surface area contributed by atoms with Gasteiger partial charge in [0.05, 0.1) is 17.5 Å². The fourth-order valence-electron chi connectivity index (χ4n) is 2.31. The smallest absolute Gasteiger partial charge is 0.449 e. The van der Waals surface area contributed by atoms with Crippen LogP contribution in [0.25, 0.3) is 11.0 Å². The number of aromatic nitrogens is 2. The number of imidazole rings is 1. The molecule has 0 atom stereocenters. The van der Waals surface area contributed by atoms with Crippen LogP contribution in [0.5, 0.6) is 11.5 Å². The zero-order chi connectivity index (χ0) is 15.9. The van der Waals surface area contributed by atoms with Gasteiger partial charge in [-0.05, 0) is 0 Å². The van der Waals surface area contributed by atoms with E-state index in [2.05, 4.69) is 4.98 Å². The summed E-state index contributed by atoms with van der Waals surface area (Å²) in [6.07, 6.45) is -5.12. The standard InChI is InChI=1S/C13H11F3N2O4/c14-13(15,16)12-17-7-5-9-10(22-4-3-21-9)6-8(7)18(12)2-1-11(19)20/h5-6H,1-4H2,(H,19,20). The number of nitrogens with zero attached hydrogens (tertiary/aromatic N) is 2. The highest BCUT2D eigenvalue weighted by molar-refractivity contribution is 5.81. The topological polar surface area (TPSA) is 73.6 Å². The monoisotopic (exact) mass is 316 g/mol. The molecule has 1 aliphatic rings. The van der Waals surface area contributed by atoms with Crippen LogP contribution in [0.15, 0.2) is 12.1 Å². The Kier molecular flexibility index (Phi) is 3.34. The van der Waals surface area contributed by atoms with Crippen LogP contribution in [0.3, 0.4) is 0 Å². The van der Waals surface area contributed by atoms with Gasteiger partial charge < -0.3 is 19.1 Å². The molecule has 2 aromatic rings. The van der Waals surface area contributed by atoms with E-state index >= 15 is 0 Å². The number of rotatable bonds is 3. The number of aryl methyl sites for hydroxylation is 1. The normalized spacial score (nSPS) is 14.3. The average Bonchev–Trinajstić information content (AvgIpc) is 2.80. The summed E-state index contributed by atoms with van der Waals surface area (Å²) in [6.45, 7) is 0.276. The predicted octanol–water partition coefficient (Wildman–Crippen LogP) is 2.30. The Labute approximate surface area is 122 Å². The lowest BCUT2D eigenvalue weighted by atomic mass is 10.2. The van der Waals surface area contributed by atoms with Crippen LogP contribution in [0.4, 0.5) is 13.2 Å². The minimum Gasteiger partial charge on any atom is -0.486 e. The van der Waals surface area contributed by atoms with Gasteiger partial charge >= 0.3 is 12.1 Å². The summed E-state index contributed by atoms with van der Waals surface area (Å²) in [7, 11) is 0. The molecule has 6 nitrogen and oxygen atoms in total. The molecule has 0 radical (unpaired) electrons. The molecule has 22 heavy (non-hydrogen) atoms. The Balaban J connectivity index is 2.16. The van der Waals surface area contributed by atoms with Crippen molar-refractivity contribution < 1.29 is 32.5 Å². The number of aliphatic carboxylic acids is 1. The Hall–Kier alpha value is -2.45. The molecule has 1 aliphatic heterocycles. The van der Waals surface area contributed by atoms with E-state index in [0.717, 1.165) is 4.57 Å². The minimum absolute atomic E-state index is 0.0852. The van der Waals surface area contributed by atoms with Gasteiger partial charge in [-0.1, -0.05) is 0 Å². The summed E-state index contributed by atoms with van der Waals surface area (Å²) in [5, 5.41) is 8.71. The van der Waals surface area contributed by atoms with Crippen molar-refractivity contribution in [3.8, 4) is 11.5 Å². The molecule has 1 aromatic carbocycles. The molecular formula is C13H11F3N2O4. The lowest BCUT2D eigenvalue weighted by Crippen LogP contribution is -2.17. The van der Waals surface area contributed by atoms with Gasteiger partial charge in [-0.25, -0.2) is 4.98 Å². The summed E-state index contributed by atoms with van der Waals surface area (Å²) >= 11 is 0. The van der Waals surface area contributed by atoms with Gasteiger partial charge in [0.2, 0.25) is 5.82 Å². The van der Waals surface area contributed by atoms with E-state index in [9.17, 15) is 18.0 Å². The van der Waals surface area contributed by atoms with Gasteiger partial charge in [-0.3, -0.25) is 4.79 Å². The van der Waals surface area contributed by atoms with Crippen molar-refractivity contribution in [2.45, 2.75) is 19.1 Å². The van der Waals surface area contributed by atoms with Gasteiger partial charge in [0.15, 0.2) is 11.5 Å². The SMILES string of the molecule is O=C(O)CCn1c(C(F)(F)F)nc2cc3c(cc21)OCCO3. The number of carboxylic acid groups (broad SMARTS) is 1. The van der Waals surface area contributed by atoms with Crippen LogP contribution >= 0.6 is 0 Å². The lowest BCUT2D eigenvalue weighted by molar-refractivity contribution is -0.148. The summed E-state index contributed by atoms with van der Waals surface area (Å²) < 4.78 is 50.8. The number of alkyl halides is 3. The number of hydrogen-bond donors (Lipinski definition) is 1. The molecular weight excluding hydrogens is 305 g/mol. The minimum atomic E-state index is -4.68. The second kappa shape index (κ2) is 5.08. The van der Waals surface area contributed by atoms with Crippen molar-refractivity contribution in [1.82, 2.24) is 9.55 Å². The quantitative estimate of drug-likeness (QED) is 0.940. The first kappa shape index (κ1) is 14.5. The maximum Gasteiger partial charge on any atom is 0.449 e. The third-order valence-corrected chi connectivity index (χ3v) is 3.22. The van der Waals surface area contributed by atoms with Crippen LogP contribution in [0.1, 0.15) is 12.2 Å². The zero-order valence-corrected chi connectivity index (χ0v) is 11.2. The van der Waals surface area contributed by atoms with Gasteiger partial charge in [-0.2, -0.15) is 13.2 Å². The second-order valence-corrected chi connectivity index (χ2v) is 4.71. The van der Waals surface area contributed by atoms with E-state index in [1.165, 1.54) is 12.1 Å². The van der Waals surface area contributed by atoms with Crippen molar-refractivity contribution in [1.29, 1.82) is 0 Å². The number of benzene rings is 1. The highest BCUT2D eigenvalue weighted by atomic mass is 19.4. The average molecular weight is 316 g/mol. The number of fused-ring (bicyclic) bond motifs is 2. The van der Waals surface area contributed by atoms with Gasteiger partial charge in [-0.15, -0.1) is 0 Å². The van der Waals surface area contributed by atoms with E-state index in [1.807, 2.05) is 0 Å². The first-order valence-corrected chi connectivity index (χ1v) is 6.45. The van der Waals surface area contributed by atoms with Crippen molar-refractivity contribution in [2.75, 3.05) is 13.2 Å². The van der Waals surface area contributed by atoms with Crippen LogP contribution in [-0.2, 0) is 17.5 Å². The molecule has 3 rings (SSSR count). The van der Waals surface area contributed by atoms with E-state index in [4.69, 9.17) is 14.6 Å². The third kappa shape index (κ3) is 2.53. The second-order valence-electron chi connectivity index (χ2n) is 4.71. The Morgan fingerprint density at radius 3 is 2.50 bits per heavy atom. The predicted molar refractivity (Wildman–Crippen MR) is 68.0 cm³/mol. The van der Waals surface area contributed by atoms with Gasteiger partial charge in [0.1, 0.15) is 13.2 Å². The van der Waals surface area contributed by atoms with Crippen molar-refractivity contribution in [3.05, 3.63) is 18.0 Å². The van der Waals surface area contributed by atoms with Crippen LogP contribution in [0, 0.1) is 0 Å². The fourth-order valence-corrected chi connectivity index (χ4v) is 2.31. The van der Waals surface area contributed by atoms with E-state index in [0.29, 0.717) is 24.7 Å². The molecule has 2 heterocycles. The largest absolute Gasteiger partial charge is 0.486 e.